The molecule has 0 bridgehead atoms. The monoisotopic (exact) mass is 399 g/mol. The molecule has 0 amide bonds. The molecule has 2 nitrogen and oxygen atoms in total. The van der Waals surface area contributed by atoms with Gasteiger partial charge in [-0.1, -0.05) is 91.0 Å². The molecule has 0 spiro atoms. The average molecular weight is 399 g/mol. The van der Waals surface area contributed by atoms with Gasteiger partial charge in [0.1, 0.15) is 5.76 Å². The Labute approximate surface area is 181 Å². The summed E-state index contributed by atoms with van der Waals surface area (Å²) in [5.41, 5.74) is 7.74. The van der Waals surface area contributed by atoms with Crippen LogP contribution in [0.4, 0.5) is 11.4 Å². The Hall–Kier alpha value is -4.04. The average Bonchev–Trinajstić information content (AvgIpc) is 3.38. The highest BCUT2D eigenvalue weighted by Gasteiger charge is 2.45. The zero-order valence-corrected chi connectivity index (χ0v) is 17.0. The Morgan fingerprint density at radius 1 is 0.548 bits per heavy atom. The number of fused-ring (bicyclic) bond motifs is 2. The number of nitrogens with one attached hydrogen (secondary N) is 1. The highest BCUT2D eigenvalue weighted by atomic mass is 16.3. The van der Waals surface area contributed by atoms with Crippen molar-refractivity contribution in [2.45, 2.75) is 5.41 Å². The van der Waals surface area contributed by atoms with Crippen LogP contribution in [-0.2, 0) is 5.41 Å². The molecule has 0 unspecified atom stereocenters. The van der Waals surface area contributed by atoms with Crippen molar-refractivity contribution in [3.63, 3.8) is 0 Å². The number of furan rings is 1. The van der Waals surface area contributed by atoms with Crippen molar-refractivity contribution < 1.29 is 4.42 Å². The van der Waals surface area contributed by atoms with Gasteiger partial charge in [-0.05, 0) is 41.0 Å². The van der Waals surface area contributed by atoms with E-state index in [1.807, 2.05) is 12.1 Å². The molecule has 148 valence electrons. The third kappa shape index (κ3) is 2.58. The van der Waals surface area contributed by atoms with Crippen molar-refractivity contribution in [1.29, 1.82) is 0 Å². The molecule has 1 aliphatic rings. The van der Waals surface area contributed by atoms with Crippen LogP contribution in [0.15, 0.2) is 126 Å². The van der Waals surface area contributed by atoms with E-state index in [9.17, 15) is 0 Å². The highest BCUT2D eigenvalue weighted by Crippen LogP contribution is 2.56. The largest absolute Gasteiger partial charge is 0.464 e. The molecular formula is C29H21NO. The van der Waals surface area contributed by atoms with Crippen LogP contribution >= 0.6 is 0 Å². The maximum atomic E-state index is 5.91. The molecule has 0 saturated heterocycles. The summed E-state index contributed by atoms with van der Waals surface area (Å²) in [4.78, 5) is 0. The first kappa shape index (κ1) is 17.8. The third-order valence-corrected chi connectivity index (χ3v) is 6.24. The maximum Gasteiger partial charge on any atom is 0.134 e. The van der Waals surface area contributed by atoms with Gasteiger partial charge in [-0.15, -0.1) is 0 Å². The van der Waals surface area contributed by atoms with Crippen LogP contribution in [0, 0.1) is 0 Å². The van der Waals surface area contributed by atoms with E-state index < -0.39 is 5.41 Å². The zero-order valence-electron chi connectivity index (χ0n) is 17.0. The van der Waals surface area contributed by atoms with Crippen molar-refractivity contribution in [2.24, 2.45) is 0 Å². The van der Waals surface area contributed by atoms with Gasteiger partial charge in [0.15, 0.2) is 0 Å². The topological polar surface area (TPSA) is 25.2 Å². The summed E-state index contributed by atoms with van der Waals surface area (Å²) in [6.07, 6.45) is 1.74. The summed E-state index contributed by atoms with van der Waals surface area (Å²) in [6.45, 7) is 0. The van der Waals surface area contributed by atoms with Gasteiger partial charge < -0.3 is 9.73 Å². The van der Waals surface area contributed by atoms with Crippen molar-refractivity contribution >= 4 is 11.4 Å². The Morgan fingerprint density at radius 2 is 1.19 bits per heavy atom. The minimum absolute atomic E-state index is 0.483. The molecule has 0 saturated carbocycles. The van der Waals surface area contributed by atoms with E-state index in [1.165, 1.54) is 22.3 Å². The number of rotatable bonds is 3. The first-order chi connectivity index (χ1) is 15.4. The summed E-state index contributed by atoms with van der Waals surface area (Å²) in [5, 5.41) is 3.70. The number of anilines is 2. The molecule has 0 aliphatic carbocycles. The highest BCUT2D eigenvalue weighted by molar-refractivity contribution is 5.87. The van der Waals surface area contributed by atoms with E-state index in [0.29, 0.717) is 0 Å². The lowest BCUT2D eigenvalue weighted by molar-refractivity contribution is 0.580. The third-order valence-electron chi connectivity index (χ3n) is 6.24. The second-order valence-electron chi connectivity index (χ2n) is 7.86. The van der Waals surface area contributed by atoms with Crippen molar-refractivity contribution in [1.82, 2.24) is 0 Å². The van der Waals surface area contributed by atoms with E-state index in [2.05, 4.69) is 108 Å². The van der Waals surface area contributed by atoms with Gasteiger partial charge in [-0.2, -0.15) is 0 Å². The van der Waals surface area contributed by atoms with Crippen LogP contribution in [0.2, 0.25) is 0 Å². The molecule has 31 heavy (non-hydrogen) atoms. The molecule has 5 aromatic rings. The molecule has 1 aliphatic heterocycles. The fourth-order valence-corrected chi connectivity index (χ4v) is 5.04. The van der Waals surface area contributed by atoms with Gasteiger partial charge in [0.2, 0.25) is 0 Å². The van der Waals surface area contributed by atoms with Gasteiger partial charge >= 0.3 is 0 Å². The molecule has 1 N–H and O–H groups in total. The predicted octanol–water partition coefficient (Wildman–Crippen LogP) is 7.39. The van der Waals surface area contributed by atoms with Crippen LogP contribution < -0.4 is 5.32 Å². The fraction of sp³-hybridized carbons (Fsp3) is 0.0345. The Morgan fingerprint density at radius 3 is 1.87 bits per heavy atom. The van der Waals surface area contributed by atoms with E-state index in [-0.39, 0.29) is 0 Å². The van der Waals surface area contributed by atoms with Gasteiger partial charge in [0, 0.05) is 22.5 Å². The molecule has 0 radical (unpaired) electrons. The molecule has 2 heteroatoms. The normalized spacial score (nSPS) is 13.7. The van der Waals surface area contributed by atoms with Crippen LogP contribution in [0.1, 0.15) is 22.3 Å². The fourth-order valence-electron chi connectivity index (χ4n) is 5.04. The lowest BCUT2D eigenvalue weighted by Gasteiger charge is -2.43. The van der Waals surface area contributed by atoms with Crippen molar-refractivity contribution in [3.8, 4) is 11.3 Å². The van der Waals surface area contributed by atoms with E-state index in [4.69, 9.17) is 4.42 Å². The standard InChI is InChI=1S/C29H21NO/c1-3-11-21(12-4-1)29(22-13-5-2-6-14-22)24-16-7-8-17-25(24)30-26-18-9-15-23(28(26)29)27-19-10-20-31-27/h1-20,30H. The molecular weight excluding hydrogens is 378 g/mol. The van der Waals surface area contributed by atoms with Crippen LogP contribution in [0.5, 0.6) is 0 Å². The second kappa shape index (κ2) is 7.03. The first-order valence-electron chi connectivity index (χ1n) is 10.5. The Kier molecular flexibility index (Phi) is 4.03. The summed E-state index contributed by atoms with van der Waals surface area (Å²) in [5.74, 6) is 0.870. The molecule has 4 aromatic carbocycles. The summed E-state index contributed by atoms with van der Waals surface area (Å²) >= 11 is 0. The number of hydrogen-bond donors (Lipinski definition) is 1. The van der Waals surface area contributed by atoms with Crippen LogP contribution in [0.3, 0.4) is 0 Å². The number of benzene rings is 4. The lowest BCUT2D eigenvalue weighted by Crippen LogP contribution is -2.35. The summed E-state index contributed by atoms with van der Waals surface area (Å²) < 4.78 is 5.91. The zero-order chi connectivity index (χ0) is 20.7. The number of para-hydroxylation sites is 1. The van der Waals surface area contributed by atoms with Gasteiger partial charge in [-0.3, -0.25) is 0 Å². The minimum Gasteiger partial charge on any atom is -0.464 e. The maximum absolute atomic E-state index is 5.91. The second-order valence-corrected chi connectivity index (χ2v) is 7.86. The van der Waals surface area contributed by atoms with Gasteiger partial charge in [-0.25, -0.2) is 0 Å². The molecule has 6 rings (SSSR count). The smallest absolute Gasteiger partial charge is 0.134 e. The van der Waals surface area contributed by atoms with Crippen molar-refractivity contribution in [2.75, 3.05) is 5.32 Å². The van der Waals surface area contributed by atoms with E-state index in [1.54, 1.807) is 6.26 Å². The lowest BCUT2D eigenvalue weighted by atomic mass is 9.61. The van der Waals surface area contributed by atoms with Gasteiger partial charge in [0.05, 0.1) is 11.7 Å². The summed E-state index contributed by atoms with van der Waals surface area (Å²) in [7, 11) is 0. The van der Waals surface area contributed by atoms with E-state index in [0.717, 1.165) is 22.7 Å². The molecule has 2 heterocycles. The van der Waals surface area contributed by atoms with Gasteiger partial charge in [0.25, 0.3) is 0 Å². The molecule has 1 aromatic heterocycles. The van der Waals surface area contributed by atoms with Crippen LogP contribution in [0.25, 0.3) is 11.3 Å². The van der Waals surface area contributed by atoms with Crippen molar-refractivity contribution in [3.05, 3.63) is 144 Å². The quantitative estimate of drug-likeness (QED) is 0.336. The first-order valence-corrected chi connectivity index (χ1v) is 10.5. The SMILES string of the molecule is c1ccc(C2(c3ccccc3)c3ccccc3Nc3cccc(-c4ccco4)c32)cc1. The predicted molar refractivity (Wildman–Crippen MR) is 126 cm³/mol. The minimum atomic E-state index is -0.483. The molecule has 0 atom stereocenters. The Balaban J connectivity index is 1.83. The number of hydrogen-bond acceptors (Lipinski definition) is 2. The van der Waals surface area contributed by atoms with Crippen LogP contribution in [-0.4, -0.2) is 0 Å². The Bertz CT molecular complexity index is 1300. The molecule has 0 fully saturated rings. The van der Waals surface area contributed by atoms with E-state index >= 15 is 0 Å². The summed E-state index contributed by atoms with van der Waals surface area (Å²) in [6, 6.07) is 40.6.